The number of fused-ring (bicyclic) bond motifs is 1. The number of benzene rings is 2. The Kier molecular flexibility index (Phi) is 5.03. The van der Waals surface area contributed by atoms with Crippen molar-refractivity contribution in [3.05, 3.63) is 54.1 Å². The molecule has 1 atom stereocenters. The molecule has 5 nitrogen and oxygen atoms in total. The van der Waals surface area contributed by atoms with Crippen LogP contribution in [-0.4, -0.2) is 40.4 Å². The smallest absolute Gasteiger partial charge is 0.410 e. The van der Waals surface area contributed by atoms with Gasteiger partial charge in [0.2, 0.25) is 0 Å². The second kappa shape index (κ2) is 7.38. The molecule has 2 aliphatic heterocycles. The SMILES string of the molecule is CC(C)(C)OC(=O)N1CCC2(CC1)CC(O)c1cc(-c3ccccc3)ccc1O2. The Balaban J connectivity index is 1.48. The van der Waals surface area contributed by atoms with Gasteiger partial charge in [0.05, 0.1) is 6.10 Å². The summed E-state index contributed by atoms with van der Waals surface area (Å²) in [7, 11) is 0. The van der Waals surface area contributed by atoms with Gasteiger partial charge < -0.3 is 19.5 Å². The van der Waals surface area contributed by atoms with Crippen molar-refractivity contribution in [2.45, 2.75) is 57.3 Å². The molecule has 1 unspecified atom stereocenters. The third kappa shape index (κ3) is 4.25. The maximum atomic E-state index is 12.3. The molecule has 0 bridgehead atoms. The topological polar surface area (TPSA) is 59.0 Å². The number of hydrogen-bond acceptors (Lipinski definition) is 4. The van der Waals surface area contributed by atoms with E-state index in [1.54, 1.807) is 4.90 Å². The average molecular weight is 395 g/mol. The van der Waals surface area contributed by atoms with Crippen LogP contribution in [0.1, 0.15) is 51.7 Å². The highest BCUT2D eigenvalue weighted by molar-refractivity contribution is 5.68. The van der Waals surface area contributed by atoms with Gasteiger partial charge in [-0.1, -0.05) is 36.4 Å². The van der Waals surface area contributed by atoms with Crippen molar-refractivity contribution >= 4 is 6.09 Å². The third-order valence-corrected chi connectivity index (χ3v) is 5.69. The first-order valence-electron chi connectivity index (χ1n) is 10.3. The summed E-state index contributed by atoms with van der Waals surface area (Å²) in [6.07, 6.45) is 1.05. The minimum atomic E-state index is -0.574. The highest BCUT2D eigenvalue weighted by atomic mass is 16.6. The molecule has 2 heterocycles. The van der Waals surface area contributed by atoms with E-state index in [1.165, 1.54) is 0 Å². The quantitative estimate of drug-likeness (QED) is 0.743. The highest BCUT2D eigenvalue weighted by Gasteiger charge is 2.44. The van der Waals surface area contributed by atoms with Crippen molar-refractivity contribution in [3.63, 3.8) is 0 Å². The summed E-state index contributed by atoms with van der Waals surface area (Å²) in [5.74, 6) is 0.745. The molecule has 1 saturated heterocycles. The van der Waals surface area contributed by atoms with E-state index in [0.29, 0.717) is 32.4 Å². The molecule has 154 valence electrons. The molecule has 5 heteroatoms. The van der Waals surface area contributed by atoms with E-state index in [1.807, 2.05) is 57.2 Å². The summed E-state index contributed by atoms with van der Waals surface area (Å²) >= 11 is 0. The first-order chi connectivity index (χ1) is 13.7. The molecule has 0 aromatic heterocycles. The number of piperidine rings is 1. The molecule has 0 radical (unpaired) electrons. The van der Waals surface area contributed by atoms with Crippen LogP contribution < -0.4 is 4.74 Å². The molecule has 1 amide bonds. The second-order valence-corrected chi connectivity index (χ2v) is 9.09. The second-order valence-electron chi connectivity index (χ2n) is 9.09. The number of hydrogen-bond donors (Lipinski definition) is 1. The lowest BCUT2D eigenvalue weighted by Crippen LogP contribution is -2.52. The van der Waals surface area contributed by atoms with Crippen LogP contribution in [0.4, 0.5) is 4.79 Å². The van der Waals surface area contributed by atoms with Gasteiger partial charge in [0, 0.05) is 37.9 Å². The van der Waals surface area contributed by atoms with Crippen LogP contribution in [0.5, 0.6) is 5.75 Å². The zero-order chi connectivity index (χ0) is 20.6. The standard InChI is InChI=1S/C24H29NO4/c1-23(2,3)29-22(27)25-13-11-24(12-14-25)16-20(26)19-15-18(9-10-21(19)28-24)17-7-5-4-6-8-17/h4-10,15,20,26H,11-14,16H2,1-3H3. The van der Waals surface area contributed by atoms with Gasteiger partial charge in [-0.25, -0.2) is 4.79 Å². The van der Waals surface area contributed by atoms with E-state index in [4.69, 9.17) is 9.47 Å². The van der Waals surface area contributed by atoms with Gasteiger partial charge in [-0.3, -0.25) is 0 Å². The predicted octanol–water partition coefficient (Wildman–Crippen LogP) is 4.94. The Hall–Kier alpha value is -2.53. The van der Waals surface area contributed by atoms with Crippen LogP contribution in [0.2, 0.25) is 0 Å². The number of ether oxygens (including phenoxy) is 2. The van der Waals surface area contributed by atoms with Crippen LogP contribution >= 0.6 is 0 Å². The van der Waals surface area contributed by atoms with Crippen LogP contribution in [0, 0.1) is 0 Å². The Morgan fingerprint density at radius 2 is 1.79 bits per heavy atom. The minimum absolute atomic E-state index is 0.281. The molecular formula is C24H29NO4. The maximum Gasteiger partial charge on any atom is 0.410 e. The van der Waals surface area contributed by atoms with Gasteiger partial charge in [0.1, 0.15) is 17.0 Å². The van der Waals surface area contributed by atoms with Crippen molar-refractivity contribution in [2.24, 2.45) is 0 Å². The van der Waals surface area contributed by atoms with Gasteiger partial charge in [-0.15, -0.1) is 0 Å². The highest BCUT2D eigenvalue weighted by Crippen LogP contribution is 2.45. The van der Waals surface area contributed by atoms with Gasteiger partial charge in [-0.05, 0) is 44.0 Å². The lowest BCUT2D eigenvalue weighted by Gasteiger charge is -2.46. The number of likely N-dealkylation sites (tertiary alicyclic amines) is 1. The monoisotopic (exact) mass is 395 g/mol. The summed E-state index contributed by atoms with van der Waals surface area (Å²) in [6.45, 7) is 6.75. The minimum Gasteiger partial charge on any atom is -0.487 e. The largest absolute Gasteiger partial charge is 0.487 e. The normalized spacial score (nSPS) is 20.7. The molecule has 2 aromatic rings. The first-order valence-corrected chi connectivity index (χ1v) is 10.3. The Morgan fingerprint density at radius 1 is 1.10 bits per heavy atom. The predicted molar refractivity (Wildman–Crippen MR) is 112 cm³/mol. The van der Waals surface area contributed by atoms with Crippen molar-refractivity contribution in [2.75, 3.05) is 13.1 Å². The van der Waals surface area contributed by atoms with Gasteiger partial charge in [0.15, 0.2) is 0 Å². The molecule has 0 saturated carbocycles. The van der Waals surface area contributed by atoms with E-state index >= 15 is 0 Å². The number of amides is 1. The van der Waals surface area contributed by atoms with Crippen molar-refractivity contribution in [3.8, 4) is 16.9 Å². The number of carbonyl (C=O) groups excluding carboxylic acids is 1. The molecule has 2 aromatic carbocycles. The van der Waals surface area contributed by atoms with Crippen LogP contribution in [0.15, 0.2) is 48.5 Å². The molecule has 2 aliphatic rings. The van der Waals surface area contributed by atoms with Crippen molar-refractivity contribution in [1.82, 2.24) is 4.90 Å². The summed E-state index contributed by atoms with van der Waals surface area (Å²) in [5, 5.41) is 10.9. The number of nitrogens with zero attached hydrogens (tertiary/aromatic N) is 1. The molecule has 1 spiro atoms. The molecule has 29 heavy (non-hydrogen) atoms. The summed E-state index contributed by atoms with van der Waals surface area (Å²) in [5.41, 5.74) is 2.10. The molecule has 0 aliphatic carbocycles. The molecular weight excluding hydrogens is 366 g/mol. The number of carbonyl (C=O) groups is 1. The first kappa shape index (κ1) is 19.8. The summed E-state index contributed by atoms with van der Waals surface area (Å²) in [6, 6.07) is 16.2. The van der Waals surface area contributed by atoms with Crippen LogP contribution in [0.3, 0.4) is 0 Å². The maximum absolute atomic E-state index is 12.3. The van der Waals surface area contributed by atoms with Crippen molar-refractivity contribution in [1.29, 1.82) is 0 Å². The van der Waals surface area contributed by atoms with E-state index in [-0.39, 0.29) is 6.09 Å². The average Bonchev–Trinajstić information content (AvgIpc) is 2.67. The number of aliphatic hydroxyl groups excluding tert-OH is 1. The Labute approximate surface area is 172 Å². The Morgan fingerprint density at radius 3 is 2.45 bits per heavy atom. The van der Waals surface area contributed by atoms with E-state index in [0.717, 1.165) is 22.4 Å². The molecule has 1 fully saturated rings. The van der Waals surface area contributed by atoms with Crippen LogP contribution in [-0.2, 0) is 4.74 Å². The summed E-state index contributed by atoms with van der Waals surface area (Å²) in [4.78, 5) is 14.1. The van der Waals surface area contributed by atoms with E-state index in [9.17, 15) is 9.90 Å². The van der Waals surface area contributed by atoms with Gasteiger partial charge >= 0.3 is 6.09 Å². The fraction of sp³-hybridized carbons (Fsp3) is 0.458. The zero-order valence-electron chi connectivity index (χ0n) is 17.4. The fourth-order valence-corrected chi connectivity index (χ4v) is 4.18. The fourth-order valence-electron chi connectivity index (χ4n) is 4.18. The van der Waals surface area contributed by atoms with Gasteiger partial charge in [-0.2, -0.15) is 0 Å². The summed E-state index contributed by atoms with van der Waals surface area (Å²) < 4.78 is 11.9. The lowest BCUT2D eigenvalue weighted by molar-refractivity contribution is -0.0569. The zero-order valence-corrected chi connectivity index (χ0v) is 17.4. The molecule has 1 N–H and O–H groups in total. The van der Waals surface area contributed by atoms with E-state index in [2.05, 4.69) is 12.1 Å². The Bertz CT molecular complexity index is 879. The number of rotatable bonds is 1. The number of aliphatic hydroxyl groups is 1. The van der Waals surface area contributed by atoms with Gasteiger partial charge in [0.25, 0.3) is 0 Å². The van der Waals surface area contributed by atoms with E-state index < -0.39 is 17.3 Å². The lowest BCUT2D eigenvalue weighted by atomic mass is 9.81. The van der Waals surface area contributed by atoms with Crippen molar-refractivity contribution < 1.29 is 19.4 Å². The molecule has 4 rings (SSSR count). The van der Waals surface area contributed by atoms with Crippen LogP contribution in [0.25, 0.3) is 11.1 Å². The third-order valence-electron chi connectivity index (χ3n) is 5.69.